The number of amides is 1. The number of halogens is 1. The number of benzene rings is 4. The van der Waals surface area contributed by atoms with E-state index in [9.17, 15) is 17.6 Å². The molecule has 0 fully saturated rings. The summed E-state index contributed by atoms with van der Waals surface area (Å²) in [5.41, 5.74) is 2.57. The molecular formula is C28H25FN2O3S. The Hall–Kier alpha value is -3.97. The maximum atomic E-state index is 14.7. The lowest BCUT2D eigenvalue weighted by Gasteiger charge is -2.26. The molecule has 0 bridgehead atoms. The third-order valence-corrected chi connectivity index (χ3v) is 7.36. The van der Waals surface area contributed by atoms with Gasteiger partial charge in [-0.3, -0.25) is 9.10 Å². The molecule has 7 heteroatoms. The van der Waals surface area contributed by atoms with E-state index in [1.165, 1.54) is 36.4 Å². The van der Waals surface area contributed by atoms with Crippen molar-refractivity contribution >= 4 is 21.6 Å². The van der Waals surface area contributed by atoms with Crippen LogP contribution in [0.4, 0.5) is 10.1 Å². The minimum absolute atomic E-state index is 0.0332. The molecule has 0 saturated carbocycles. The summed E-state index contributed by atoms with van der Waals surface area (Å²) in [4.78, 5) is 13.3. The topological polar surface area (TPSA) is 66.5 Å². The minimum atomic E-state index is -4.21. The summed E-state index contributed by atoms with van der Waals surface area (Å²) in [6.07, 6.45) is 0. The quantitative estimate of drug-likeness (QED) is 0.369. The van der Waals surface area contributed by atoms with Crippen LogP contribution in [-0.4, -0.2) is 20.9 Å². The molecule has 5 nitrogen and oxygen atoms in total. The molecular weight excluding hydrogens is 463 g/mol. The third-order valence-electron chi connectivity index (χ3n) is 5.59. The summed E-state index contributed by atoms with van der Waals surface area (Å²) in [5, 5.41) is 2.94. The van der Waals surface area contributed by atoms with Crippen molar-refractivity contribution in [3.05, 3.63) is 132 Å². The van der Waals surface area contributed by atoms with Gasteiger partial charge >= 0.3 is 0 Å². The Labute approximate surface area is 204 Å². The summed E-state index contributed by atoms with van der Waals surface area (Å²) >= 11 is 0. The van der Waals surface area contributed by atoms with Crippen LogP contribution in [0.5, 0.6) is 0 Å². The van der Waals surface area contributed by atoms with Gasteiger partial charge in [0.25, 0.3) is 10.0 Å². The molecule has 1 atom stereocenters. The molecule has 4 rings (SSSR count). The van der Waals surface area contributed by atoms with Crippen LogP contribution in [0.3, 0.4) is 0 Å². The number of carbonyl (C=O) groups excluding carboxylic acids is 1. The molecule has 1 amide bonds. The number of para-hydroxylation sites is 1. The number of hydrogen-bond donors (Lipinski definition) is 1. The molecule has 0 radical (unpaired) electrons. The van der Waals surface area contributed by atoms with Gasteiger partial charge in [0.05, 0.1) is 16.6 Å². The number of anilines is 1. The van der Waals surface area contributed by atoms with Crippen molar-refractivity contribution < 1.29 is 17.6 Å². The zero-order valence-corrected chi connectivity index (χ0v) is 20.0. The van der Waals surface area contributed by atoms with Crippen LogP contribution in [0.25, 0.3) is 0 Å². The van der Waals surface area contributed by atoms with Crippen LogP contribution in [0.2, 0.25) is 0 Å². The fourth-order valence-corrected chi connectivity index (χ4v) is 5.22. The maximum absolute atomic E-state index is 14.7. The van der Waals surface area contributed by atoms with E-state index < -0.39 is 34.3 Å². The molecule has 0 aliphatic heterocycles. The maximum Gasteiger partial charge on any atom is 0.264 e. The van der Waals surface area contributed by atoms with Crippen LogP contribution < -0.4 is 9.62 Å². The van der Waals surface area contributed by atoms with Crippen molar-refractivity contribution in [2.75, 3.05) is 10.8 Å². The normalized spacial score (nSPS) is 12.1. The van der Waals surface area contributed by atoms with E-state index in [4.69, 9.17) is 0 Å². The Bertz CT molecular complexity index is 1390. The van der Waals surface area contributed by atoms with Gasteiger partial charge < -0.3 is 5.32 Å². The zero-order chi connectivity index (χ0) is 24.8. The molecule has 178 valence electrons. The molecule has 4 aromatic carbocycles. The van der Waals surface area contributed by atoms with E-state index in [1.807, 2.05) is 61.5 Å². The summed E-state index contributed by atoms with van der Waals surface area (Å²) in [6.45, 7) is 1.38. The number of carbonyl (C=O) groups is 1. The summed E-state index contributed by atoms with van der Waals surface area (Å²) < 4.78 is 42.5. The first-order valence-corrected chi connectivity index (χ1v) is 12.5. The Kier molecular flexibility index (Phi) is 7.27. The first-order valence-electron chi connectivity index (χ1n) is 11.1. The van der Waals surface area contributed by atoms with Gasteiger partial charge in [-0.15, -0.1) is 0 Å². The van der Waals surface area contributed by atoms with E-state index in [0.29, 0.717) is 0 Å². The van der Waals surface area contributed by atoms with Gasteiger partial charge in [-0.25, -0.2) is 12.8 Å². The van der Waals surface area contributed by atoms with Crippen molar-refractivity contribution in [1.82, 2.24) is 5.32 Å². The second kappa shape index (κ2) is 10.5. The lowest BCUT2D eigenvalue weighted by molar-refractivity contribution is -0.120. The van der Waals surface area contributed by atoms with Gasteiger partial charge in [0.2, 0.25) is 5.91 Å². The number of nitrogens with one attached hydrogen (secondary N) is 1. The summed E-state index contributed by atoms with van der Waals surface area (Å²) in [7, 11) is -4.21. The van der Waals surface area contributed by atoms with Crippen molar-refractivity contribution in [3.63, 3.8) is 0 Å². The Morgan fingerprint density at radius 1 is 0.800 bits per heavy atom. The van der Waals surface area contributed by atoms with Gasteiger partial charge in [-0.2, -0.15) is 0 Å². The van der Waals surface area contributed by atoms with Crippen LogP contribution in [0, 0.1) is 12.7 Å². The van der Waals surface area contributed by atoms with E-state index >= 15 is 0 Å². The Balaban J connectivity index is 1.69. The standard InChI is InChI=1S/C28H25FN2O3S/c1-21-16-18-23(19-17-21)28(22-10-4-2-5-11-22)30-27(32)20-31(26-15-9-8-14-25(26)29)35(33,34)24-12-6-3-7-13-24/h2-19,28H,20H2,1H3,(H,30,32). The first-order chi connectivity index (χ1) is 16.9. The van der Waals surface area contributed by atoms with Crippen LogP contribution in [0.15, 0.2) is 114 Å². The molecule has 0 aromatic heterocycles. The SMILES string of the molecule is Cc1ccc(C(NC(=O)CN(c2ccccc2F)S(=O)(=O)c2ccccc2)c2ccccc2)cc1. The molecule has 0 heterocycles. The van der Waals surface area contributed by atoms with Gasteiger partial charge in [0.15, 0.2) is 0 Å². The number of aryl methyl sites for hydroxylation is 1. The first kappa shape index (κ1) is 24.2. The van der Waals surface area contributed by atoms with E-state index in [0.717, 1.165) is 21.0 Å². The lowest BCUT2D eigenvalue weighted by Crippen LogP contribution is -2.42. The van der Waals surface area contributed by atoms with Crippen LogP contribution in [-0.2, 0) is 14.8 Å². The van der Waals surface area contributed by atoms with E-state index in [-0.39, 0.29) is 10.6 Å². The molecule has 4 aromatic rings. The largest absolute Gasteiger partial charge is 0.344 e. The van der Waals surface area contributed by atoms with Gasteiger partial charge in [-0.1, -0.05) is 90.5 Å². The van der Waals surface area contributed by atoms with Crippen molar-refractivity contribution in [3.8, 4) is 0 Å². The minimum Gasteiger partial charge on any atom is -0.344 e. The highest BCUT2D eigenvalue weighted by Crippen LogP contribution is 2.27. The second-order valence-electron chi connectivity index (χ2n) is 8.10. The Morgan fingerprint density at radius 3 is 1.97 bits per heavy atom. The van der Waals surface area contributed by atoms with Crippen LogP contribution >= 0.6 is 0 Å². The zero-order valence-electron chi connectivity index (χ0n) is 19.1. The lowest BCUT2D eigenvalue weighted by atomic mass is 9.98. The predicted octanol–water partition coefficient (Wildman–Crippen LogP) is 5.24. The van der Waals surface area contributed by atoms with Crippen LogP contribution in [0.1, 0.15) is 22.7 Å². The molecule has 1 N–H and O–H groups in total. The van der Waals surface area contributed by atoms with E-state index in [2.05, 4.69) is 5.32 Å². The average molecular weight is 489 g/mol. The van der Waals surface area contributed by atoms with Crippen molar-refractivity contribution in [1.29, 1.82) is 0 Å². The molecule has 0 aliphatic rings. The Morgan fingerprint density at radius 2 is 1.34 bits per heavy atom. The third kappa shape index (κ3) is 5.58. The highest BCUT2D eigenvalue weighted by Gasteiger charge is 2.30. The smallest absolute Gasteiger partial charge is 0.264 e. The van der Waals surface area contributed by atoms with Gasteiger partial charge in [0, 0.05) is 0 Å². The molecule has 0 spiro atoms. The monoisotopic (exact) mass is 488 g/mol. The van der Waals surface area contributed by atoms with Gasteiger partial charge in [-0.05, 0) is 42.3 Å². The number of sulfonamides is 1. The highest BCUT2D eigenvalue weighted by atomic mass is 32.2. The second-order valence-corrected chi connectivity index (χ2v) is 9.96. The van der Waals surface area contributed by atoms with Gasteiger partial charge in [0.1, 0.15) is 12.4 Å². The molecule has 0 saturated heterocycles. The summed E-state index contributed by atoms with van der Waals surface area (Å²) in [6, 6.07) is 29.8. The molecule has 1 unspecified atom stereocenters. The fraction of sp³-hybridized carbons (Fsp3) is 0.107. The van der Waals surface area contributed by atoms with E-state index in [1.54, 1.807) is 18.2 Å². The predicted molar refractivity (Wildman–Crippen MR) is 135 cm³/mol. The molecule has 0 aliphatic carbocycles. The number of hydrogen-bond acceptors (Lipinski definition) is 3. The highest BCUT2D eigenvalue weighted by molar-refractivity contribution is 7.92. The molecule has 35 heavy (non-hydrogen) atoms. The number of nitrogens with zero attached hydrogens (tertiary/aromatic N) is 1. The average Bonchev–Trinajstić information content (AvgIpc) is 2.88. The van der Waals surface area contributed by atoms with Crippen molar-refractivity contribution in [2.24, 2.45) is 0 Å². The fourth-order valence-electron chi connectivity index (χ4n) is 3.77. The van der Waals surface area contributed by atoms with Crippen molar-refractivity contribution in [2.45, 2.75) is 17.9 Å². The number of rotatable bonds is 8. The summed E-state index contributed by atoms with van der Waals surface area (Å²) in [5.74, 6) is -1.31.